The van der Waals surface area contributed by atoms with Gasteiger partial charge in [0, 0.05) is 24.3 Å². The maximum absolute atomic E-state index is 12.8. The Bertz CT molecular complexity index is 786. The van der Waals surface area contributed by atoms with Crippen LogP contribution in [0.2, 0.25) is 0 Å². The van der Waals surface area contributed by atoms with Crippen molar-refractivity contribution in [2.45, 2.75) is 32.1 Å². The predicted molar refractivity (Wildman–Crippen MR) is 109 cm³/mol. The third-order valence-corrected chi connectivity index (χ3v) is 4.83. The quantitative estimate of drug-likeness (QED) is 0.741. The van der Waals surface area contributed by atoms with Crippen LogP contribution < -0.4 is 15.5 Å². The van der Waals surface area contributed by atoms with Crippen LogP contribution in [-0.4, -0.2) is 32.0 Å². The van der Waals surface area contributed by atoms with Crippen molar-refractivity contribution in [3.63, 3.8) is 0 Å². The first-order valence-corrected chi connectivity index (χ1v) is 9.59. The molecule has 2 aromatic carbocycles. The number of fused-ring (bicyclic) bond motifs is 1. The monoisotopic (exact) mass is 365 g/mol. The molecule has 0 unspecified atom stereocenters. The first kappa shape index (κ1) is 19.1. The largest absolute Gasteiger partial charge is 0.326 e. The lowest BCUT2D eigenvalue weighted by Crippen LogP contribution is -2.36. The molecular formula is C22H27N3O2. The Hall–Kier alpha value is -2.66. The number of anilines is 2. The SMILES string of the molecule is CNCCCC(=O)Nc1ccc(CC(=O)N2CCCc3ccccc32)cc1. The first-order valence-electron chi connectivity index (χ1n) is 9.59. The van der Waals surface area contributed by atoms with E-state index in [0.29, 0.717) is 12.8 Å². The summed E-state index contributed by atoms with van der Waals surface area (Å²) in [6.07, 6.45) is 3.70. The molecule has 1 heterocycles. The maximum Gasteiger partial charge on any atom is 0.231 e. The third kappa shape index (κ3) is 5.17. The Balaban J connectivity index is 1.57. The van der Waals surface area contributed by atoms with Gasteiger partial charge in [0.05, 0.1) is 6.42 Å². The minimum atomic E-state index is 0.0130. The zero-order valence-electron chi connectivity index (χ0n) is 15.8. The molecule has 0 saturated carbocycles. The number of aryl methyl sites for hydroxylation is 1. The van der Waals surface area contributed by atoms with Crippen molar-refractivity contribution in [2.24, 2.45) is 0 Å². The molecule has 0 saturated heterocycles. The topological polar surface area (TPSA) is 61.4 Å². The summed E-state index contributed by atoms with van der Waals surface area (Å²) < 4.78 is 0. The summed E-state index contributed by atoms with van der Waals surface area (Å²) in [7, 11) is 1.88. The van der Waals surface area contributed by atoms with Crippen LogP contribution in [0.3, 0.4) is 0 Å². The molecule has 0 fully saturated rings. The van der Waals surface area contributed by atoms with Crippen molar-refractivity contribution in [3.8, 4) is 0 Å². The van der Waals surface area contributed by atoms with Crippen LogP contribution in [0, 0.1) is 0 Å². The van der Waals surface area contributed by atoms with Gasteiger partial charge in [0.15, 0.2) is 0 Å². The highest BCUT2D eigenvalue weighted by atomic mass is 16.2. The molecule has 27 heavy (non-hydrogen) atoms. The normalized spacial score (nSPS) is 13.1. The highest BCUT2D eigenvalue weighted by molar-refractivity contribution is 5.96. The minimum absolute atomic E-state index is 0.0130. The molecule has 0 spiro atoms. The summed E-state index contributed by atoms with van der Waals surface area (Å²) in [5, 5.41) is 5.93. The molecule has 5 nitrogen and oxygen atoms in total. The van der Waals surface area contributed by atoms with Crippen LogP contribution in [0.25, 0.3) is 0 Å². The van der Waals surface area contributed by atoms with E-state index in [-0.39, 0.29) is 11.8 Å². The van der Waals surface area contributed by atoms with Gasteiger partial charge in [0.25, 0.3) is 0 Å². The molecule has 1 aliphatic heterocycles. The summed E-state index contributed by atoms with van der Waals surface area (Å²) in [6, 6.07) is 15.7. The van der Waals surface area contributed by atoms with E-state index >= 15 is 0 Å². The van der Waals surface area contributed by atoms with Crippen molar-refractivity contribution < 1.29 is 9.59 Å². The highest BCUT2D eigenvalue weighted by Crippen LogP contribution is 2.27. The summed E-state index contributed by atoms with van der Waals surface area (Å²) in [6.45, 7) is 1.60. The van der Waals surface area contributed by atoms with Gasteiger partial charge in [0.2, 0.25) is 11.8 Å². The van der Waals surface area contributed by atoms with E-state index in [1.165, 1.54) is 5.56 Å². The molecule has 0 aromatic heterocycles. The smallest absolute Gasteiger partial charge is 0.231 e. The van der Waals surface area contributed by atoms with E-state index in [1.54, 1.807) is 0 Å². The molecule has 2 N–H and O–H groups in total. The van der Waals surface area contributed by atoms with Crippen molar-refractivity contribution in [1.29, 1.82) is 0 Å². The van der Waals surface area contributed by atoms with E-state index in [1.807, 2.05) is 54.4 Å². The maximum atomic E-state index is 12.8. The second kappa shape index (κ2) is 9.33. The van der Waals surface area contributed by atoms with Crippen molar-refractivity contribution in [2.75, 3.05) is 30.4 Å². The van der Waals surface area contributed by atoms with Gasteiger partial charge in [-0.3, -0.25) is 9.59 Å². The standard InChI is InChI=1S/C22H27N3O2/c1-23-14-4-9-21(26)24-19-12-10-17(11-13-19)16-22(27)25-15-5-7-18-6-2-3-8-20(18)25/h2-3,6,8,10-13,23H,4-5,7,9,14-16H2,1H3,(H,24,26). The molecule has 0 radical (unpaired) electrons. The van der Waals surface area contributed by atoms with E-state index in [0.717, 1.165) is 49.3 Å². The number of rotatable bonds is 7. The molecule has 0 aliphatic carbocycles. The van der Waals surface area contributed by atoms with Crippen LogP contribution in [-0.2, 0) is 22.4 Å². The lowest BCUT2D eigenvalue weighted by Gasteiger charge is -2.29. The van der Waals surface area contributed by atoms with Crippen LogP contribution in [0.15, 0.2) is 48.5 Å². The van der Waals surface area contributed by atoms with Crippen molar-refractivity contribution in [1.82, 2.24) is 5.32 Å². The van der Waals surface area contributed by atoms with Gasteiger partial charge in [-0.2, -0.15) is 0 Å². The van der Waals surface area contributed by atoms with Crippen LogP contribution in [0.1, 0.15) is 30.4 Å². The van der Waals surface area contributed by atoms with Crippen LogP contribution in [0.5, 0.6) is 0 Å². The molecular weight excluding hydrogens is 338 g/mol. The molecule has 5 heteroatoms. The first-order chi connectivity index (χ1) is 13.2. The van der Waals surface area contributed by atoms with E-state index in [2.05, 4.69) is 16.7 Å². The van der Waals surface area contributed by atoms with E-state index in [9.17, 15) is 9.59 Å². The Morgan fingerprint density at radius 2 is 1.85 bits per heavy atom. The molecule has 0 bridgehead atoms. The highest BCUT2D eigenvalue weighted by Gasteiger charge is 2.22. The predicted octanol–water partition coefficient (Wildman–Crippen LogP) is 3.15. The van der Waals surface area contributed by atoms with Crippen LogP contribution in [0.4, 0.5) is 11.4 Å². The lowest BCUT2D eigenvalue weighted by molar-refractivity contribution is -0.118. The average molecular weight is 365 g/mol. The van der Waals surface area contributed by atoms with Gasteiger partial charge >= 0.3 is 0 Å². The number of nitrogens with one attached hydrogen (secondary N) is 2. The molecule has 2 amide bonds. The fourth-order valence-corrected chi connectivity index (χ4v) is 3.42. The lowest BCUT2D eigenvalue weighted by atomic mass is 10.0. The third-order valence-electron chi connectivity index (χ3n) is 4.83. The summed E-state index contributed by atoms with van der Waals surface area (Å²) in [5.41, 5.74) is 4.01. The summed E-state index contributed by atoms with van der Waals surface area (Å²) >= 11 is 0. The number of nitrogens with zero attached hydrogens (tertiary/aromatic N) is 1. The van der Waals surface area contributed by atoms with Gasteiger partial charge in [-0.25, -0.2) is 0 Å². The summed E-state index contributed by atoms with van der Waals surface area (Å²) in [5.74, 6) is 0.130. The molecule has 1 aliphatic rings. The number of hydrogen-bond donors (Lipinski definition) is 2. The zero-order valence-corrected chi connectivity index (χ0v) is 15.8. The summed E-state index contributed by atoms with van der Waals surface area (Å²) in [4.78, 5) is 26.6. The number of amides is 2. The second-order valence-electron chi connectivity index (χ2n) is 6.91. The minimum Gasteiger partial charge on any atom is -0.326 e. The number of hydrogen-bond acceptors (Lipinski definition) is 3. The van der Waals surface area contributed by atoms with Gasteiger partial charge in [-0.15, -0.1) is 0 Å². The van der Waals surface area contributed by atoms with Gasteiger partial charge < -0.3 is 15.5 Å². The zero-order chi connectivity index (χ0) is 19.1. The Labute approximate surface area is 160 Å². The van der Waals surface area contributed by atoms with Crippen molar-refractivity contribution >= 4 is 23.2 Å². The number of carbonyl (C=O) groups is 2. The van der Waals surface area contributed by atoms with Gasteiger partial charge in [-0.1, -0.05) is 30.3 Å². The van der Waals surface area contributed by atoms with Gasteiger partial charge in [-0.05, 0) is 62.2 Å². The number of carbonyl (C=O) groups excluding carboxylic acids is 2. The van der Waals surface area contributed by atoms with Gasteiger partial charge in [0.1, 0.15) is 0 Å². The fourth-order valence-electron chi connectivity index (χ4n) is 3.42. The molecule has 3 rings (SSSR count). The molecule has 142 valence electrons. The molecule has 0 atom stereocenters. The number of para-hydroxylation sites is 1. The fraction of sp³-hybridized carbons (Fsp3) is 0.364. The second-order valence-corrected chi connectivity index (χ2v) is 6.91. The van der Waals surface area contributed by atoms with E-state index < -0.39 is 0 Å². The van der Waals surface area contributed by atoms with Crippen molar-refractivity contribution in [3.05, 3.63) is 59.7 Å². The average Bonchev–Trinajstić information content (AvgIpc) is 2.69. The Morgan fingerprint density at radius 3 is 2.63 bits per heavy atom. The van der Waals surface area contributed by atoms with E-state index in [4.69, 9.17) is 0 Å². The number of benzene rings is 2. The molecule has 2 aromatic rings. The Morgan fingerprint density at radius 1 is 1.07 bits per heavy atom. The Kier molecular flexibility index (Phi) is 6.60. The van der Waals surface area contributed by atoms with Crippen LogP contribution >= 0.6 is 0 Å².